The highest BCUT2D eigenvalue weighted by molar-refractivity contribution is 7.92. The van der Waals surface area contributed by atoms with Crippen LogP contribution in [0.3, 0.4) is 0 Å². The first-order valence-corrected chi connectivity index (χ1v) is 8.22. The Morgan fingerprint density at radius 3 is 2.50 bits per heavy atom. The molecule has 0 spiro atoms. The third-order valence-electron chi connectivity index (χ3n) is 3.04. The standard InChI is InChI=1S/C15H15NO5S/c1-2-21-15(17)14(16-18)10-22(19,20)13-8-7-11-5-3-4-6-12(11)9-13/h3-9,18H,2,10H2,1H3/b16-14-. The number of ether oxygens (including phenoxy) is 1. The van der Waals surface area contributed by atoms with Gasteiger partial charge in [-0.25, -0.2) is 13.2 Å². The van der Waals surface area contributed by atoms with Crippen molar-refractivity contribution >= 4 is 32.3 Å². The van der Waals surface area contributed by atoms with Crippen molar-refractivity contribution < 1.29 is 23.2 Å². The van der Waals surface area contributed by atoms with E-state index in [9.17, 15) is 13.2 Å². The van der Waals surface area contributed by atoms with Gasteiger partial charge < -0.3 is 9.94 Å². The van der Waals surface area contributed by atoms with E-state index in [1.165, 1.54) is 12.1 Å². The van der Waals surface area contributed by atoms with Crippen LogP contribution < -0.4 is 0 Å². The molecule has 0 amide bonds. The fourth-order valence-corrected chi connectivity index (χ4v) is 3.25. The summed E-state index contributed by atoms with van der Waals surface area (Å²) in [7, 11) is -3.82. The molecule has 0 aliphatic rings. The minimum Gasteiger partial charge on any atom is -0.461 e. The monoisotopic (exact) mass is 321 g/mol. The second kappa shape index (κ2) is 6.57. The predicted molar refractivity (Wildman–Crippen MR) is 81.9 cm³/mol. The first kappa shape index (κ1) is 16.0. The maximum atomic E-state index is 12.4. The summed E-state index contributed by atoms with van der Waals surface area (Å²) in [6.45, 7) is 1.64. The van der Waals surface area contributed by atoms with E-state index in [2.05, 4.69) is 9.89 Å². The molecule has 0 saturated carbocycles. The van der Waals surface area contributed by atoms with Gasteiger partial charge >= 0.3 is 5.97 Å². The second-order valence-corrected chi connectivity index (χ2v) is 6.52. The Kier molecular flexibility index (Phi) is 4.77. The van der Waals surface area contributed by atoms with Gasteiger partial charge in [-0.05, 0) is 29.8 Å². The molecule has 0 heterocycles. The summed E-state index contributed by atoms with van der Waals surface area (Å²) in [5.41, 5.74) is -0.546. The molecule has 0 fully saturated rings. The second-order valence-electron chi connectivity index (χ2n) is 4.54. The number of oxime groups is 1. The van der Waals surface area contributed by atoms with Crippen LogP contribution in [0.1, 0.15) is 6.92 Å². The number of rotatable bonds is 5. The SMILES string of the molecule is CCOC(=O)/C(CS(=O)(=O)c1ccc2ccccc2c1)=N\O. The molecule has 116 valence electrons. The number of hydrogen-bond acceptors (Lipinski definition) is 6. The zero-order valence-electron chi connectivity index (χ0n) is 11.9. The highest BCUT2D eigenvalue weighted by Gasteiger charge is 2.24. The van der Waals surface area contributed by atoms with Crippen LogP contribution in [0.25, 0.3) is 10.8 Å². The number of carbonyl (C=O) groups excluding carboxylic acids is 1. The van der Waals surface area contributed by atoms with Crippen LogP contribution in [0.2, 0.25) is 0 Å². The summed E-state index contributed by atoms with van der Waals surface area (Å²) in [6.07, 6.45) is 0. The lowest BCUT2D eigenvalue weighted by Gasteiger charge is -2.07. The average molecular weight is 321 g/mol. The van der Waals surface area contributed by atoms with Crippen LogP contribution in [0.4, 0.5) is 0 Å². The van der Waals surface area contributed by atoms with Gasteiger partial charge in [0, 0.05) is 0 Å². The number of sulfone groups is 1. The normalized spacial score (nSPS) is 12.3. The number of esters is 1. The molecular weight excluding hydrogens is 306 g/mol. The molecule has 2 aromatic carbocycles. The maximum Gasteiger partial charge on any atom is 0.357 e. The van der Waals surface area contributed by atoms with Gasteiger partial charge in [-0.1, -0.05) is 35.5 Å². The van der Waals surface area contributed by atoms with Gasteiger partial charge in [-0.2, -0.15) is 0 Å². The fourth-order valence-electron chi connectivity index (χ4n) is 1.97. The number of carbonyl (C=O) groups is 1. The molecule has 0 aliphatic carbocycles. The molecule has 0 unspecified atom stereocenters. The molecule has 2 rings (SSSR count). The molecule has 2 aromatic rings. The van der Waals surface area contributed by atoms with Crippen molar-refractivity contribution in [3.05, 3.63) is 42.5 Å². The number of hydrogen-bond donors (Lipinski definition) is 1. The van der Waals surface area contributed by atoms with E-state index in [0.717, 1.165) is 10.8 Å². The number of nitrogens with zero attached hydrogens (tertiary/aromatic N) is 1. The van der Waals surface area contributed by atoms with Gasteiger partial charge in [0.15, 0.2) is 15.5 Å². The Labute approximate surface area is 127 Å². The molecule has 1 N–H and O–H groups in total. The van der Waals surface area contributed by atoms with E-state index >= 15 is 0 Å². The fraction of sp³-hybridized carbons (Fsp3) is 0.200. The lowest BCUT2D eigenvalue weighted by molar-refractivity contribution is -0.135. The molecule has 6 nitrogen and oxygen atoms in total. The van der Waals surface area contributed by atoms with Crippen LogP contribution in [0, 0.1) is 0 Å². The van der Waals surface area contributed by atoms with Crippen LogP contribution >= 0.6 is 0 Å². The average Bonchev–Trinajstić information content (AvgIpc) is 2.52. The van der Waals surface area contributed by atoms with E-state index in [-0.39, 0.29) is 11.5 Å². The Morgan fingerprint density at radius 2 is 1.86 bits per heavy atom. The lowest BCUT2D eigenvalue weighted by Crippen LogP contribution is -2.26. The quantitative estimate of drug-likeness (QED) is 0.393. The minimum absolute atomic E-state index is 0.0525. The van der Waals surface area contributed by atoms with E-state index in [1.807, 2.05) is 12.1 Å². The largest absolute Gasteiger partial charge is 0.461 e. The molecule has 0 radical (unpaired) electrons. The summed E-state index contributed by atoms with van der Waals surface area (Å²) in [5, 5.41) is 13.2. The molecule has 0 bridgehead atoms. The summed E-state index contributed by atoms with van der Waals surface area (Å²) in [6, 6.07) is 12.0. The molecule has 0 atom stereocenters. The molecular formula is C15H15NO5S. The van der Waals surface area contributed by atoms with Gasteiger partial charge in [-0.15, -0.1) is 0 Å². The third kappa shape index (κ3) is 3.43. The molecule has 0 aromatic heterocycles. The van der Waals surface area contributed by atoms with Gasteiger partial charge in [0.25, 0.3) is 0 Å². The van der Waals surface area contributed by atoms with Crippen molar-refractivity contribution in [1.29, 1.82) is 0 Å². The Balaban J connectivity index is 2.34. The predicted octanol–water partition coefficient (Wildman–Crippen LogP) is 2.01. The van der Waals surface area contributed by atoms with E-state index in [1.54, 1.807) is 25.1 Å². The highest BCUT2D eigenvalue weighted by atomic mass is 32.2. The van der Waals surface area contributed by atoms with E-state index < -0.39 is 27.3 Å². The molecule has 0 saturated heterocycles. The summed E-state index contributed by atoms with van der Waals surface area (Å²) in [5.74, 6) is -1.67. The smallest absolute Gasteiger partial charge is 0.357 e. The van der Waals surface area contributed by atoms with Gasteiger partial charge in [-0.3, -0.25) is 0 Å². The molecule has 0 aliphatic heterocycles. The zero-order valence-corrected chi connectivity index (χ0v) is 12.7. The highest BCUT2D eigenvalue weighted by Crippen LogP contribution is 2.20. The van der Waals surface area contributed by atoms with Crippen molar-refractivity contribution in [2.45, 2.75) is 11.8 Å². The number of benzene rings is 2. The van der Waals surface area contributed by atoms with Crippen LogP contribution in [-0.2, 0) is 19.4 Å². The first-order valence-electron chi connectivity index (χ1n) is 6.57. The first-order chi connectivity index (χ1) is 10.5. The van der Waals surface area contributed by atoms with Crippen molar-refractivity contribution in [1.82, 2.24) is 0 Å². The van der Waals surface area contributed by atoms with Crippen LogP contribution in [-0.4, -0.2) is 37.7 Å². The van der Waals surface area contributed by atoms with Gasteiger partial charge in [0.05, 0.1) is 11.5 Å². The lowest BCUT2D eigenvalue weighted by atomic mass is 10.1. The van der Waals surface area contributed by atoms with Crippen molar-refractivity contribution in [3.8, 4) is 0 Å². The van der Waals surface area contributed by atoms with Crippen molar-refractivity contribution in [2.75, 3.05) is 12.4 Å². The minimum atomic E-state index is -3.82. The van der Waals surface area contributed by atoms with Gasteiger partial charge in [0.2, 0.25) is 0 Å². The zero-order chi connectivity index (χ0) is 16.2. The van der Waals surface area contributed by atoms with E-state index in [4.69, 9.17) is 5.21 Å². The third-order valence-corrected chi connectivity index (χ3v) is 4.66. The van der Waals surface area contributed by atoms with Crippen molar-refractivity contribution in [3.63, 3.8) is 0 Å². The molecule has 7 heteroatoms. The van der Waals surface area contributed by atoms with Crippen LogP contribution in [0.15, 0.2) is 52.5 Å². The van der Waals surface area contributed by atoms with E-state index in [0.29, 0.717) is 0 Å². The van der Waals surface area contributed by atoms with Crippen LogP contribution in [0.5, 0.6) is 0 Å². The van der Waals surface area contributed by atoms with Gasteiger partial charge in [0.1, 0.15) is 5.75 Å². The summed E-state index contributed by atoms with van der Waals surface area (Å²) >= 11 is 0. The van der Waals surface area contributed by atoms with Crippen molar-refractivity contribution in [2.24, 2.45) is 5.16 Å². The Hall–Kier alpha value is -2.41. The summed E-state index contributed by atoms with van der Waals surface area (Å²) in [4.78, 5) is 11.6. The Bertz CT molecular complexity index is 827. The Morgan fingerprint density at radius 1 is 1.18 bits per heavy atom. The summed E-state index contributed by atoms with van der Waals surface area (Å²) < 4.78 is 29.4. The maximum absolute atomic E-state index is 12.4. The number of fused-ring (bicyclic) bond motifs is 1. The topological polar surface area (TPSA) is 93.0 Å². The molecule has 22 heavy (non-hydrogen) atoms.